The highest BCUT2D eigenvalue weighted by atomic mass is 16.4. The van der Waals surface area contributed by atoms with Crippen LogP contribution in [-0.4, -0.2) is 35.6 Å². The second kappa shape index (κ2) is 5.12. The number of carboxylic acid groups (broad SMARTS) is 1. The van der Waals surface area contributed by atoms with Crippen LogP contribution < -0.4 is 10.6 Å². The molecule has 1 heterocycles. The minimum absolute atomic E-state index is 0.0852. The molecule has 3 N–H and O–H groups in total. The molecule has 5 nitrogen and oxygen atoms in total. The van der Waals surface area contributed by atoms with Gasteiger partial charge in [-0.1, -0.05) is 13.3 Å². The third-order valence-corrected chi connectivity index (χ3v) is 4.67. The zero-order chi connectivity index (χ0) is 14.1. The molecule has 0 radical (unpaired) electrons. The molecule has 1 aliphatic heterocycles. The Morgan fingerprint density at radius 2 is 2.16 bits per heavy atom. The van der Waals surface area contributed by atoms with E-state index in [0.717, 1.165) is 38.6 Å². The highest BCUT2D eigenvalue weighted by Gasteiger charge is 2.51. The van der Waals surface area contributed by atoms with E-state index in [-0.39, 0.29) is 11.8 Å². The van der Waals surface area contributed by atoms with Crippen molar-refractivity contribution in [3.63, 3.8) is 0 Å². The molecule has 2 rings (SSSR count). The zero-order valence-electron chi connectivity index (χ0n) is 11.8. The summed E-state index contributed by atoms with van der Waals surface area (Å²) in [6.45, 7) is 5.20. The van der Waals surface area contributed by atoms with Gasteiger partial charge in [-0.25, -0.2) is 4.79 Å². The quantitative estimate of drug-likeness (QED) is 0.675. The molecule has 0 bridgehead atoms. The van der Waals surface area contributed by atoms with Gasteiger partial charge in [-0.3, -0.25) is 4.79 Å². The summed E-state index contributed by atoms with van der Waals surface area (Å²) in [6, 6.07) is 0. The maximum absolute atomic E-state index is 12.6. The molecule has 0 aromatic rings. The number of carboxylic acids is 1. The van der Waals surface area contributed by atoms with Crippen LogP contribution in [0.3, 0.4) is 0 Å². The number of hydrogen-bond donors (Lipinski definition) is 3. The molecule has 1 saturated heterocycles. The molecule has 0 aromatic heterocycles. The SMILES string of the molecule is CCCC1(C(=O)NC(C)(C(=O)O)C2CC2)CCNC1. The van der Waals surface area contributed by atoms with Crippen molar-refractivity contribution in [2.45, 2.75) is 51.5 Å². The van der Waals surface area contributed by atoms with Crippen LogP contribution >= 0.6 is 0 Å². The highest BCUT2D eigenvalue weighted by Crippen LogP contribution is 2.41. The van der Waals surface area contributed by atoms with Crippen molar-refractivity contribution in [3.8, 4) is 0 Å². The Bertz CT molecular complexity index is 373. The molecule has 19 heavy (non-hydrogen) atoms. The Balaban J connectivity index is 2.12. The van der Waals surface area contributed by atoms with E-state index in [9.17, 15) is 14.7 Å². The number of rotatable bonds is 6. The number of aliphatic carboxylic acids is 1. The highest BCUT2D eigenvalue weighted by molar-refractivity contribution is 5.90. The number of carbonyl (C=O) groups excluding carboxylic acids is 1. The lowest BCUT2D eigenvalue weighted by atomic mass is 9.80. The molecule has 2 aliphatic rings. The van der Waals surface area contributed by atoms with E-state index in [1.54, 1.807) is 6.92 Å². The van der Waals surface area contributed by atoms with Crippen molar-refractivity contribution in [1.29, 1.82) is 0 Å². The van der Waals surface area contributed by atoms with Gasteiger partial charge in [0.25, 0.3) is 0 Å². The second-order valence-electron chi connectivity index (χ2n) is 6.19. The fourth-order valence-corrected chi connectivity index (χ4v) is 3.10. The van der Waals surface area contributed by atoms with Crippen molar-refractivity contribution in [2.24, 2.45) is 11.3 Å². The van der Waals surface area contributed by atoms with Crippen LogP contribution in [0.4, 0.5) is 0 Å². The Hall–Kier alpha value is -1.10. The van der Waals surface area contributed by atoms with Crippen molar-refractivity contribution >= 4 is 11.9 Å². The lowest BCUT2D eigenvalue weighted by molar-refractivity contribution is -0.150. The first kappa shape index (κ1) is 14.3. The first-order chi connectivity index (χ1) is 8.94. The van der Waals surface area contributed by atoms with Gasteiger partial charge < -0.3 is 15.7 Å². The molecule has 5 heteroatoms. The van der Waals surface area contributed by atoms with E-state index in [0.29, 0.717) is 6.54 Å². The Morgan fingerprint density at radius 3 is 2.58 bits per heavy atom. The summed E-state index contributed by atoms with van der Waals surface area (Å²) in [6.07, 6.45) is 4.33. The lowest BCUT2D eigenvalue weighted by Gasteiger charge is -2.33. The predicted molar refractivity (Wildman–Crippen MR) is 71.7 cm³/mol. The van der Waals surface area contributed by atoms with Gasteiger partial charge in [0.15, 0.2) is 0 Å². The van der Waals surface area contributed by atoms with Gasteiger partial charge in [-0.2, -0.15) is 0 Å². The van der Waals surface area contributed by atoms with Gasteiger partial charge in [0.2, 0.25) is 5.91 Å². The zero-order valence-corrected chi connectivity index (χ0v) is 11.8. The summed E-state index contributed by atoms with van der Waals surface area (Å²) in [4.78, 5) is 24.1. The van der Waals surface area contributed by atoms with E-state index in [4.69, 9.17) is 0 Å². The molecule has 2 fully saturated rings. The normalized spacial score (nSPS) is 29.8. The summed E-state index contributed by atoms with van der Waals surface area (Å²) < 4.78 is 0. The molecule has 1 aliphatic carbocycles. The molecule has 0 spiro atoms. The van der Waals surface area contributed by atoms with Crippen LogP contribution in [-0.2, 0) is 9.59 Å². The van der Waals surface area contributed by atoms with E-state index in [1.807, 2.05) is 0 Å². The lowest BCUT2D eigenvalue weighted by Crippen LogP contribution is -2.58. The standard InChI is InChI=1S/C14H24N2O3/c1-3-6-14(7-8-15-9-14)11(17)16-13(2,12(18)19)10-4-5-10/h10,15H,3-9H2,1-2H3,(H,16,17)(H,18,19). The summed E-state index contributed by atoms with van der Waals surface area (Å²) >= 11 is 0. The van der Waals surface area contributed by atoms with E-state index >= 15 is 0 Å². The maximum Gasteiger partial charge on any atom is 0.329 e. The molecular formula is C14H24N2O3. The van der Waals surface area contributed by atoms with E-state index in [2.05, 4.69) is 17.6 Å². The van der Waals surface area contributed by atoms with Crippen LogP contribution in [0.2, 0.25) is 0 Å². The summed E-state index contributed by atoms with van der Waals surface area (Å²) in [5.41, 5.74) is -1.51. The van der Waals surface area contributed by atoms with Crippen LogP contribution in [0, 0.1) is 11.3 Å². The fraction of sp³-hybridized carbons (Fsp3) is 0.857. The average Bonchev–Trinajstić information content (AvgIpc) is 3.11. The van der Waals surface area contributed by atoms with Crippen LogP contribution in [0.1, 0.15) is 46.0 Å². The van der Waals surface area contributed by atoms with E-state index < -0.39 is 16.9 Å². The molecule has 108 valence electrons. The van der Waals surface area contributed by atoms with Gasteiger partial charge in [0, 0.05) is 6.54 Å². The third-order valence-electron chi connectivity index (χ3n) is 4.67. The average molecular weight is 268 g/mol. The minimum atomic E-state index is -1.10. The summed E-state index contributed by atoms with van der Waals surface area (Å²) in [5, 5.41) is 15.5. The number of carbonyl (C=O) groups is 2. The molecule has 2 atom stereocenters. The predicted octanol–water partition coefficient (Wildman–Crippen LogP) is 1.14. The first-order valence-electron chi connectivity index (χ1n) is 7.21. The van der Waals surface area contributed by atoms with Crippen molar-refractivity contribution in [1.82, 2.24) is 10.6 Å². The van der Waals surface area contributed by atoms with Crippen LogP contribution in [0.15, 0.2) is 0 Å². The number of nitrogens with one attached hydrogen (secondary N) is 2. The third kappa shape index (κ3) is 2.61. The Labute approximate surface area is 114 Å². The van der Waals surface area contributed by atoms with E-state index in [1.165, 1.54) is 0 Å². The summed E-state index contributed by atoms with van der Waals surface area (Å²) in [5.74, 6) is -0.918. The van der Waals surface area contributed by atoms with Crippen molar-refractivity contribution in [3.05, 3.63) is 0 Å². The second-order valence-corrected chi connectivity index (χ2v) is 6.19. The van der Waals surface area contributed by atoms with Gasteiger partial charge >= 0.3 is 5.97 Å². The Morgan fingerprint density at radius 1 is 1.47 bits per heavy atom. The monoisotopic (exact) mass is 268 g/mol. The maximum atomic E-state index is 12.6. The summed E-state index contributed by atoms with van der Waals surface area (Å²) in [7, 11) is 0. The Kier molecular flexibility index (Phi) is 3.85. The van der Waals surface area contributed by atoms with Gasteiger partial charge in [0.05, 0.1) is 5.41 Å². The first-order valence-corrected chi connectivity index (χ1v) is 7.21. The molecular weight excluding hydrogens is 244 g/mol. The number of amides is 1. The minimum Gasteiger partial charge on any atom is -0.480 e. The van der Waals surface area contributed by atoms with Crippen molar-refractivity contribution in [2.75, 3.05) is 13.1 Å². The molecule has 2 unspecified atom stereocenters. The van der Waals surface area contributed by atoms with Gasteiger partial charge in [0.1, 0.15) is 5.54 Å². The molecule has 1 amide bonds. The van der Waals surface area contributed by atoms with Crippen LogP contribution in [0.5, 0.6) is 0 Å². The largest absolute Gasteiger partial charge is 0.480 e. The number of hydrogen-bond acceptors (Lipinski definition) is 3. The van der Waals surface area contributed by atoms with Crippen molar-refractivity contribution < 1.29 is 14.7 Å². The van der Waals surface area contributed by atoms with Gasteiger partial charge in [-0.15, -0.1) is 0 Å². The van der Waals surface area contributed by atoms with Crippen LogP contribution in [0.25, 0.3) is 0 Å². The fourth-order valence-electron chi connectivity index (χ4n) is 3.10. The topological polar surface area (TPSA) is 78.4 Å². The molecule has 1 saturated carbocycles. The smallest absolute Gasteiger partial charge is 0.329 e. The molecule has 0 aromatic carbocycles. The van der Waals surface area contributed by atoms with Gasteiger partial charge in [-0.05, 0) is 45.1 Å².